The standard InChI is InChI=1S/C14H19NO4/c1-10-6-5-7-11(13(10)18)14(19)15-9-4-2-3-8-12(16)17/h5-7,18H,2-4,8-9H2,1H3,(H,15,19)(H,16,17). The average molecular weight is 265 g/mol. The Kier molecular flexibility index (Phi) is 5.85. The zero-order valence-corrected chi connectivity index (χ0v) is 11.0. The molecule has 0 aliphatic carbocycles. The highest BCUT2D eigenvalue weighted by molar-refractivity contribution is 5.97. The van der Waals surface area contributed by atoms with E-state index in [0.717, 1.165) is 12.8 Å². The number of phenolic OH excluding ortho intramolecular Hbond substituents is 1. The lowest BCUT2D eigenvalue weighted by Gasteiger charge is -2.08. The van der Waals surface area contributed by atoms with Gasteiger partial charge in [0, 0.05) is 13.0 Å². The lowest BCUT2D eigenvalue weighted by atomic mass is 10.1. The van der Waals surface area contributed by atoms with Gasteiger partial charge in [-0.1, -0.05) is 18.6 Å². The number of carbonyl (C=O) groups excluding carboxylic acids is 1. The molecule has 0 aliphatic rings. The molecule has 1 aromatic carbocycles. The maximum Gasteiger partial charge on any atom is 0.303 e. The molecule has 0 unspecified atom stereocenters. The molecule has 0 fully saturated rings. The van der Waals surface area contributed by atoms with Crippen LogP contribution in [0.3, 0.4) is 0 Å². The summed E-state index contributed by atoms with van der Waals surface area (Å²) in [6, 6.07) is 5.02. The van der Waals surface area contributed by atoms with E-state index < -0.39 is 5.97 Å². The molecule has 0 saturated heterocycles. The van der Waals surface area contributed by atoms with Crippen molar-refractivity contribution in [2.75, 3.05) is 6.54 Å². The fourth-order valence-corrected chi connectivity index (χ4v) is 1.72. The van der Waals surface area contributed by atoms with Gasteiger partial charge in [0.05, 0.1) is 5.56 Å². The van der Waals surface area contributed by atoms with Gasteiger partial charge in [0.2, 0.25) is 0 Å². The van der Waals surface area contributed by atoms with Crippen molar-refractivity contribution in [2.45, 2.75) is 32.6 Å². The van der Waals surface area contributed by atoms with Crippen LogP contribution in [0.5, 0.6) is 5.75 Å². The number of hydrogen-bond donors (Lipinski definition) is 3. The van der Waals surface area contributed by atoms with Crippen LogP contribution in [-0.4, -0.2) is 28.6 Å². The van der Waals surface area contributed by atoms with Crippen molar-refractivity contribution in [3.8, 4) is 5.75 Å². The van der Waals surface area contributed by atoms with E-state index in [1.807, 2.05) is 0 Å². The molecule has 1 aromatic rings. The van der Waals surface area contributed by atoms with Crippen molar-refractivity contribution in [3.05, 3.63) is 29.3 Å². The summed E-state index contributed by atoms with van der Waals surface area (Å²) in [6.45, 7) is 2.21. The maximum absolute atomic E-state index is 11.8. The summed E-state index contributed by atoms with van der Waals surface area (Å²) in [5.41, 5.74) is 0.930. The van der Waals surface area contributed by atoms with E-state index in [1.165, 1.54) is 0 Å². The molecule has 0 aliphatic heterocycles. The Hall–Kier alpha value is -2.04. The third-order valence-electron chi connectivity index (χ3n) is 2.84. The van der Waals surface area contributed by atoms with E-state index in [1.54, 1.807) is 25.1 Å². The molecule has 0 saturated carbocycles. The quantitative estimate of drug-likeness (QED) is 0.659. The van der Waals surface area contributed by atoms with Gasteiger partial charge >= 0.3 is 5.97 Å². The molecule has 0 atom stereocenters. The molecule has 0 spiro atoms. The number of aryl methyl sites for hydroxylation is 1. The number of carboxylic acid groups (broad SMARTS) is 1. The highest BCUT2D eigenvalue weighted by atomic mass is 16.4. The Morgan fingerprint density at radius 1 is 1.21 bits per heavy atom. The van der Waals surface area contributed by atoms with Crippen LogP contribution in [0.4, 0.5) is 0 Å². The van der Waals surface area contributed by atoms with E-state index in [2.05, 4.69) is 5.32 Å². The van der Waals surface area contributed by atoms with Gasteiger partial charge in [-0.15, -0.1) is 0 Å². The van der Waals surface area contributed by atoms with Crippen LogP contribution in [-0.2, 0) is 4.79 Å². The normalized spacial score (nSPS) is 10.2. The van der Waals surface area contributed by atoms with E-state index >= 15 is 0 Å². The Bertz CT molecular complexity index is 457. The van der Waals surface area contributed by atoms with Crippen LogP contribution >= 0.6 is 0 Å². The minimum Gasteiger partial charge on any atom is -0.507 e. The summed E-state index contributed by atoms with van der Waals surface area (Å²) in [5.74, 6) is -1.10. The Morgan fingerprint density at radius 2 is 1.95 bits per heavy atom. The van der Waals surface area contributed by atoms with E-state index in [0.29, 0.717) is 18.5 Å². The molecule has 1 amide bonds. The summed E-state index contributed by atoms with van der Waals surface area (Å²) in [7, 11) is 0. The second kappa shape index (κ2) is 7.41. The fraction of sp³-hybridized carbons (Fsp3) is 0.429. The number of hydrogen-bond acceptors (Lipinski definition) is 3. The summed E-state index contributed by atoms with van der Waals surface area (Å²) < 4.78 is 0. The first-order valence-corrected chi connectivity index (χ1v) is 6.31. The lowest BCUT2D eigenvalue weighted by Crippen LogP contribution is -2.24. The largest absolute Gasteiger partial charge is 0.507 e. The maximum atomic E-state index is 11.8. The molecule has 0 heterocycles. The number of nitrogens with one attached hydrogen (secondary N) is 1. The number of aliphatic carboxylic acids is 1. The van der Waals surface area contributed by atoms with Gasteiger partial charge in [-0.3, -0.25) is 9.59 Å². The number of amides is 1. The zero-order valence-electron chi connectivity index (χ0n) is 11.0. The van der Waals surface area contributed by atoms with Crippen LogP contribution in [0.25, 0.3) is 0 Å². The Balaban J connectivity index is 2.32. The summed E-state index contributed by atoms with van der Waals surface area (Å²) in [4.78, 5) is 22.1. The number of aromatic hydroxyl groups is 1. The van der Waals surface area contributed by atoms with Gasteiger partial charge in [0.15, 0.2) is 0 Å². The smallest absolute Gasteiger partial charge is 0.303 e. The molecular formula is C14H19NO4. The predicted molar refractivity (Wildman–Crippen MR) is 71.3 cm³/mol. The van der Waals surface area contributed by atoms with Gasteiger partial charge in [0.25, 0.3) is 5.91 Å². The van der Waals surface area contributed by atoms with Gasteiger partial charge in [-0.05, 0) is 31.4 Å². The van der Waals surface area contributed by atoms with Crippen molar-refractivity contribution in [1.82, 2.24) is 5.32 Å². The molecule has 0 radical (unpaired) electrons. The highest BCUT2D eigenvalue weighted by Gasteiger charge is 2.11. The van der Waals surface area contributed by atoms with Crippen molar-refractivity contribution in [1.29, 1.82) is 0 Å². The number of rotatable bonds is 7. The molecule has 0 bridgehead atoms. The predicted octanol–water partition coefficient (Wildman–Crippen LogP) is 2.08. The highest BCUT2D eigenvalue weighted by Crippen LogP contribution is 2.20. The van der Waals surface area contributed by atoms with Crippen molar-refractivity contribution >= 4 is 11.9 Å². The van der Waals surface area contributed by atoms with Crippen molar-refractivity contribution in [2.24, 2.45) is 0 Å². The number of carboxylic acids is 1. The third-order valence-corrected chi connectivity index (χ3v) is 2.84. The molecule has 3 N–H and O–H groups in total. The number of benzene rings is 1. The van der Waals surface area contributed by atoms with Crippen molar-refractivity contribution in [3.63, 3.8) is 0 Å². The second-order valence-electron chi connectivity index (χ2n) is 4.43. The van der Waals surface area contributed by atoms with E-state index in [4.69, 9.17) is 5.11 Å². The van der Waals surface area contributed by atoms with Crippen LogP contribution in [0.1, 0.15) is 41.6 Å². The summed E-state index contributed by atoms with van der Waals surface area (Å²) >= 11 is 0. The van der Waals surface area contributed by atoms with Gasteiger partial charge in [0.1, 0.15) is 5.75 Å². The summed E-state index contributed by atoms with van der Waals surface area (Å²) in [5, 5.41) is 20.9. The Morgan fingerprint density at radius 3 is 2.63 bits per heavy atom. The van der Waals surface area contributed by atoms with Crippen LogP contribution in [0.15, 0.2) is 18.2 Å². The number of unbranched alkanes of at least 4 members (excludes halogenated alkanes) is 2. The molecule has 5 nitrogen and oxygen atoms in total. The first kappa shape index (κ1) is 15.0. The SMILES string of the molecule is Cc1cccc(C(=O)NCCCCCC(=O)O)c1O. The number of para-hydroxylation sites is 1. The van der Waals surface area contributed by atoms with Crippen molar-refractivity contribution < 1.29 is 19.8 Å². The van der Waals surface area contributed by atoms with Crippen LogP contribution < -0.4 is 5.32 Å². The monoisotopic (exact) mass is 265 g/mol. The van der Waals surface area contributed by atoms with Crippen LogP contribution in [0.2, 0.25) is 0 Å². The average Bonchev–Trinajstić information content (AvgIpc) is 2.36. The molecule has 0 aromatic heterocycles. The minimum absolute atomic E-state index is 0.00544. The first-order chi connectivity index (χ1) is 9.02. The fourth-order valence-electron chi connectivity index (χ4n) is 1.72. The minimum atomic E-state index is -0.797. The first-order valence-electron chi connectivity index (χ1n) is 6.31. The topological polar surface area (TPSA) is 86.6 Å². The molecule has 1 rings (SSSR count). The number of carbonyl (C=O) groups is 2. The molecule has 5 heteroatoms. The summed E-state index contributed by atoms with van der Waals surface area (Å²) in [6.07, 6.45) is 2.26. The van der Waals surface area contributed by atoms with Gasteiger partial charge < -0.3 is 15.5 Å². The van der Waals surface area contributed by atoms with E-state index in [-0.39, 0.29) is 23.6 Å². The molecule has 104 valence electrons. The number of phenols is 1. The van der Waals surface area contributed by atoms with Crippen LogP contribution in [0, 0.1) is 6.92 Å². The zero-order chi connectivity index (χ0) is 14.3. The lowest BCUT2D eigenvalue weighted by molar-refractivity contribution is -0.137. The third kappa shape index (κ3) is 4.99. The molecule has 19 heavy (non-hydrogen) atoms. The molecular weight excluding hydrogens is 246 g/mol. The Labute approximate surface area is 112 Å². The second-order valence-corrected chi connectivity index (χ2v) is 4.43. The van der Waals surface area contributed by atoms with Gasteiger partial charge in [-0.25, -0.2) is 0 Å². The van der Waals surface area contributed by atoms with Gasteiger partial charge in [-0.2, -0.15) is 0 Å². The van der Waals surface area contributed by atoms with E-state index in [9.17, 15) is 14.7 Å².